The van der Waals surface area contributed by atoms with Crippen LogP contribution in [-0.2, 0) is 9.59 Å². The van der Waals surface area contributed by atoms with Crippen molar-refractivity contribution in [1.82, 2.24) is 4.90 Å². The van der Waals surface area contributed by atoms with E-state index < -0.39 is 11.9 Å². The highest BCUT2D eigenvalue weighted by atomic mass is 79.9. The molecule has 0 saturated carbocycles. The number of amides is 1. The second-order valence-corrected chi connectivity index (χ2v) is 5.88. The number of carbonyl (C=O) groups is 2. The Morgan fingerprint density at radius 1 is 1.45 bits per heavy atom. The minimum absolute atomic E-state index is 0.0256. The van der Waals surface area contributed by atoms with Crippen LogP contribution in [0.5, 0.6) is 5.75 Å². The average Bonchev–Trinajstić information content (AvgIpc) is 2.78. The maximum atomic E-state index is 12.0. The number of aliphatic carboxylic acids is 1. The number of likely N-dealkylation sites (tertiary alicyclic amines) is 1. The van der Waals surface area contributed by atoms with E-state index in [4.69, 9.17) is 9.84 Å². The summed E-state index contributed by atoms with van der Waals surface area (Å²) in [7, 11) is 0. The summed E-state index contributed by atoms with van der Waals surface area (Å²) in [6.45, 7) is 2.51. The van der Waals surface area contributed by atoms with Gasteiger partial charge >= 0.3 is 5.97 Å². The molecular formula is C14H16BrNO4. The van der Waals surface area contributed by atoms with Gasteiger partial charge in [0, 0.05) is 17.6 Å². The molecular weight excluding hydrogens is 326 g/mol. The highest BCUT2D eigenvalue weighted by Crippen LogP contribution is 2.23. The van der Waals surface area contributed by atoms with Crippen LogP contribution in [0.1, 0.15) is 6.92 Å². The molecule has 108 valence electrons. The lowest BCUT2D eigenvalue weighted by molar-refractivity contribution is -0.142. The van der Waals surface area contributed by atoms with Gasteiger partial charge in [-0.25, -0.2) is 0 Å². The summed E-state index contributed by atoms with van der Waals surface area (Å²) in [5, 5.41) is 9.05. The highest BCUT2D eigenvalue weighted by Gasteiger charge is 2.36. The number of hydrogen-bond acceptors (Lipinski definition) is 3. The molecule has 1 fully saturated rings. The van der Waals surface area contributed by atoms with E-state index in [9.17, 15) is 9.59 Å². The molecule has 1 aromatic rings. The summed E-state index contributed by atoms with van der Waals surface area (Å²) < 4.78 is 6.30. The lowest BCUT2D eigenvalue weighted by Gasteiger charge is -2.16. The molecule has 1 amide bonds. The van der Waals surface area contributed by atoms with E-state index in [-0.39, 0.29) is 25.0 Å². The van der Waals surface area contributed by atoms with E-state index in [0.29, 0.717) is 12.3 Å². The van der Waals surface area contributed by atoms with Gasteiger partial charge in [0.15, 0.2) is 6.61 Å². The van der Waals surface area contributed by atoms with Crippen LogP contribution in [0.3, 0.4) is 0 Å². The Balaban J connectivity index is 1.88. The molecule has 2 rings (SSSR count). The van der Waals surface area contributed by atoms with E-state index in [2.05, 4.69) is 15.9 Å². The molecule has 0 unspecified atom stereocenters. The van der Waals surface area contributed by atoms with Crippen molar-refractivity contribution in [1.29, 1.82) is 0 Å². The molecule has 1 saturated heterocycles. The van der Waals surface area contributed by atoms with E-state index >= 15 is 0 Å². The maximum absolute atomic E-state index is 12.0. The van der Waals surface area contributed by atoms with Crippen molar-refractivity contribution in [3.05, 3.63) is 28.7 Å². The zero-order chi connectivity index (χ0) is 14.7. The maximum Gasteiger partial charge on any atom is 0.308 e. The quantitative estimate of drug-likeness (QED) is 0.909. The molecule has 5 nitrogen and oxygen atoms in total. The van der Waals surface area contributed by atoms with E-state index in [1.165, 1.54) is 0 Å². The fourth-order valence-corrected chi connectivity index (χ4v) is 2.66. The molecule has 1 N–H and O–H groups in total. The summed E-state index contributed by atoms with van der Waals surface area (Å²) >= 11 is 3.33. The summed E-state index contributed by atoms with van der Waals surface area (Å²) in [5.41, 5.74) is 0. The van der Waals surface area contributed by atoms with Gasteiger partial charge in [0.1, 0.15) is 5.75 Å². The van der Waals surface area contributed by atoms with Gasteiger partial charge in [-0.15, -0.1) is 0 Å². The summed E-state index contributed by atoms with van der Waals surface area (Å²) in [6, 6.07) is 7.24. The zero-order valence-corrected chi connectivity index (χ0v) is 12.7. The molecule has 0 spiro atoms. The molecule has 1 aliphatic rings. The van der Waals surface area contributed by atoms with Crippen LogP contribution in [0, 0.1) is 11.8 Å². The number of nitrogens with zero attached hydrogens (tertiary/aromatic N) is 1. The number of ether oxygens (including phenoxy) is 1. The molecule has 1 aromatic carbocycles. The van der Waals surface area contributed by atoms with Crippen LogP contribution in [-0.4, -0.2) is 41.6 Å². The van der Waals surface area contributed by atoms with Gasteiger partial charge < -0.3 is 14.7 Å². The van der Waals surface area contributed by atoms with Crippen molar-refractivity contribution >= 4 is 27.8 Å². The Morgan fingerprint density at radius 3 is 2.80 bits per heavy atom. The number of carbonyl (C=O) groups excluding carboxylic acids is 1. The molecule has 0 aromatic heterocycles. The number of hydrogen-bond donors (Lipinski definition) is 1. The summed E-state index contributed by atoms with van der Waals surface area (Å²) in [6.07, 6.45) is 0. The lowest BCUT2D eigenvalue weighted by atomic mass is 9.99. The Bertz CT molecular complexity index is 520. The number of rotatable bonds is 4. The lowest BCUT2D eigenvalue weighted by Crippen LogP contribution is -2.33. The normalized spacial score (nSPS) is 21.8. The largest absolute Gasteiger partial charge is 0.484 e. The first kappa shape index (κ1) is 14.8. The third kappa shape index (κ3) is 3.50. The smallest absolute Gasteiger partial charge is 0.308 e. The first-order chi connectivity index (χ1) is 9.47. The van der Waals surface area contributed by atoms with Crippen LogP contribution in [0.25, 0.3) is 0 Å². The molecule has 6 heteroatoms. The first-order valence-electron chi connectivity index (χ1n) is 6.36. The topological polar surface area (TPSA) is 66.8 Å². The van der Waals surface area contributed by atoms with Crippen molar-refractivity contribution < 1.29 is 19.4 Å². The minimum Gasteiger partial charge on any atom is -0.484 e. The van der Waals surface area contributed by atoms with Crippen LogP contribution in [0.2, 0.25) is 0 Å². The van der Waals surface area contributed by atoms with Crippen molar-refractivity contribution in [2.24, 2.45) is 11.8 Å². The van der Waals surface area contributed by atoms with Gasteiger partial charge in [-0.2, -0.15) is 0 Å². The molecule has 1 aliphatic heterocycles. The highest BCUT2D eigenvalue weighted by molar-refractivity contribution is 9.10. The van der Waals surface area contributed by atoms with Crippen molar-refractivity contribution in [2.75, 3.05) is 19.7 Å². The third-order valence-electron chi connectivity index (χ3n) is 3.44. The number of carboxylic acid groups (broad SMARTS) is 1. The average molecular weight is 342 g/mol. The van der Waals surface area contributed by atoms with Gasteiger partial charge in [-0.3, -0.25) is 9.59 Å². The van der Waals surface area contributed by atoms with Gasteiger partial charge in [0.25, 0.3) is 5.91 Å². The summed E-state index contributed by atoms with van der Waals surface area (Å²) in [5.74, 6) is -0.928. The Hall–Kier alpha value is -1.56. The molecule has 2 atom stereocenters. The second kappa shape index (κ2) is 6.26. The molecule has 20 heavy (non-hydrogen) atoms. The SMILES string of the molecule is C[C@@H]1CN(C(=O)COc2cccc(Br)c2)C[C@H]1C(=O)O. The van der Waals surface area contributed by atoms with Crippen molar-refractivity contribution in [3.8, 4) is 5.75 Å². The Morgan fingerprint density at radius 2 is 2.20 bits per heavy atom. The predicted molar refractivity (Wildman–Crippen MR) is 76.5 cm³/mol. The third-order valence-corrected chi connectivity index (χ3v) is 3.93. The van der Waals surface area contributed by atoms with Gasteiger partial charge in [0.05, 0.1) is 5.92 Å². The van der Waals surface area contributed by atoms with Gasteiger partial charge in [-0.1, -0.05) is 28.9 Å². The molecule has 0 bridgehead atoms. The van der Waals surface area contributed by atoms with Crippen LogP contribution in [0.4, 0.5) is 0 Å². The van der Waals surface area contributed by atoms with Crippen molar-refractivity contribution in [2.45, 2.75) is 6.92 Å². The standard InChI is InChI=1S/C14H16BrNO4/c1-9-6-16(7-12(9)14(18)19)13(17)8-20-11-4-2-3-10(15)5-11/h2-5,9,12H,6-8H2,1H3,(H,18,19)/t9-,12-/m1/s1. The van der Waals surface area contributed by atoms with Crippen molar-refractivity contribution in [3.63, 3.8) is 0 Å². The monoisotopic (exact) mass is 341 g/mol. The Labute approximate surface area is 125 Å². The first-order valence-corrected chi connectivity index (χ1v) is 7.15. The molecule has 1 heterocycles. The van der Waals surface area contributed by atoms with Gasteiger partial charge in [-0.05, 0) is 24.1 Å². The number of carboxylic acids is 1. The fraction of sp³-hybridized carbons (Fsp3) is 0.429. The minimum atomic E-state index is -0.847. The van der Waals surface area contributed by atoms with Crippen LogP contribution < -0.4 is 4.74 Å². The number of halogens is 1. The van der Waals surface area contributed by atoms with E-state index in [1.54, 1.807) is 17.0 Å². The van der Waals surface area contributed by atoms with E-state index in [1.807, 2.05) is 19.1 Å². The summed E-state index contributed by atoms with van der Waals surface area (Å²) in [4.78, 5) is 24.6. The van der Waals surface area contributed by atoms with Crippen LogP contribution >= 0.6 is 15.9 Å². The van der Waals surface area contributed by atoms with Crippen LogP contribution in [0.15, 0.2) is 28.7 Å². The molecule has 0 aliphatic carbocycles. The zero-order valence-electron chi connectivity index (χ0n) is 11.1. The Kier molecular flexibility index (Phi) is 4.65. The fourth-order valence-electron chi connectivity index (χ4n) is 2.29. The van der Waals surface area contributed by atoms with E-state index in [0.717, 1.165) is 4.47 Å². The van der Waals surface area contributed by atoms with Gasteiger partial charge in [0.2, 0.25) is 0 Å². The second-order valence-electron chi connectivity index (χ2n) is 4.97. The predicted octanol–water partition coefficient (Wildman–Crippen LogP) is 2.01. The number of benzene rings is 1. The molecule has 0 radical (unpaired) electrons.